The van der Waals surface area contributed by atoms with Gasteiger partial charge in [0, 0.05) is 0 Å². The van der Waals surface area contributed by atoms with Gasteiger partial charge in [0.1, 0.15) is 0 Å². The summed E-state index contributed by atoms with van der Waals surface area (Å²) in [7, 11) is 0. The molecule has 0 unspecified atom stereocenters. The monoisotopic (exact) mass is 702 g/mol. The number of para-hydroxylation sites is 1. The molecular weight excluding hydrogens is 692 g/mol. The topological polar surface area (TPSA) is 28.7 Å². The Bertz CT molecular complexity index is 1040. The molecule has 0 fully saturated rings. The van der Waals surface area contributed by atoms with Gasteiger partial charge in [0.05, 0.1) is 0 Å². The van der Waals surface area contributed by atoms with Gasteiger partial charge < -0.3 is 0 Å². The summed E-state index contributed by atoms with van der Waals surface area (Å²) in [5, 5.41) is 11.7. The minimum absolute atomic E-state index is 0.765. The van der Waals surface area contributed by atoms with E-state index in [1.54, 1.807) is 0 Å². The number of fused-ring (bicyclic) bond motifs is 3. The number of hydrogen-bond donors (Lipinski definition) is 0. The maximum atomic E-state index is 9.08. The fraction of sp³-hybridized carbons (Fsp3) is 0.0556. The minimum atomic E-state index is 0.765. The van der Waals surface area contributed by atoms with Crippen LogP contribution < -0.4 is 0 Å². The molecule has 0 N–H and O–H groups in total. The van der Waals surface area contributed by atoms with Crippen molar-refractivity contribution in [2.75, 3.05) is 0 Å². The van der Waals surface area contributed by atoms with Crippen LogP contribution in [0.5, 0.6) is 0 Å². The Morgan fingerprint density at radius 1 is 1.13 bits per heavy atom. The van der Waals surface area contributed by atoms with Crippen molar-refractivity contribution in [3.05, 3.63) is 58.6 Å². The molecule has 2 nitrogen and oxygen atoms in total. The molecule has 5 heteroatoms. The van der Waals surface area contributed by atoms with Gasteiger partial charge in [0.2, 0.25) is 0 Å². The van der Waals surface area contributed by atoms with Crippen molar-refractivity contribution in [1.82, 2.24) is 4.57 Å². The summed E-state index contributed by atoms with van der Waals surface area (Å²) in [5.41, 5.74) is 3.71. The first-order valence-electron chi connectivity index (χ1n) is 6.89. The fourth-order valence-corrected chi connectivity index (χ4v) is 4.97. The van der Waals surface area contributed by atoms with Crippen molar-refractivity contribution >= 4 is 45.7 Å². The van der Waals surface area contributed by atoms with E-state index in [0.717, 1.165) is 8.38 Å². The van der Waals surface area contributed by atoms with E-state index < -0.39 is 0 Å². The Hall–Kier alpha value is -0.933. The first-order valence-corrected chi connectivity index (χ1v) is 10.6. The van der Waals surface area contributed by atoms with Crippen molar-refractivity contribution in [3.63, 3.8) is 0 Å². The van der Waals surface area contributed by atoms with Gasteiger partial charge in [-0.1, -0.05) is 0 Å². The summed E-state index contributed by atoms with van der Waals surface area (Å²) in [6.45, 7) is 2.16. The molecule has 0 saturated heterocycles. The van der Waals surface area contributed by atoms with Crippen molar-refractivity contribution in [2.24, 2.45) is 0 Å². The quantitative estimate of drug-likeness (QED) is 0.404. The van der Waals surface area contributed by atoms with E-state index in [1.165, 1.54) is 70.1 Å². The summed E-state index contributed by atoms with van der Waals surface area (Å²) < 4.78 is 5.11. The molecule has 1 aromatic heterocycles. The van der Waals surface area contributed by atoms with Crippen LogP contribution in [0.4, 0.5) is 0 Å². The summed E-state index contributed by atoms with van der Waals surface area (Å²) in [6, 6.07) is 17.1. The Balaban J connectivity index is 2.33. The molecule has 0 amide bonds. The summed E-state index contributed by atoms with van der Waals surface area (Å²) >= 11 is 6.07. The molecular formula is C18H11BrN2W2. The third kappa shape index (κ3) is 3.06. The second kappa shape index (κ2) is 6.90. The number of nitrogens with zero attached hydrogens (tertiary/aromatic N) is 2. The number of aryl methyl sites for hydroxylation is 1. The number of allylic oxidation sites excluding steroid dienone is 2. The molecule has 1 heterocycles. The van der Waals surface area contributed by atoms with Gasteiger partial charge in [-0.3, -0.25) is 0 Å². The number of aromatic nitrogens is 1. The van der Waals surface area contributed by atoms with E-state index in [4.69, 9.17) is 5.26 Å². The Kier molecular flexibility index (Phi) is 5.07. The van der Waals surface area contributed by atoms with Crippen LogP contribution >= 0.6 is 15.9 Å². The predicted molar refractivity (Wildman–Crippen MR) is 92.2 cm³/mol. The van der Waals surface area contributed by atoms with Gasteiger partial charge >= 0.3 is 166 Å². The molecule has 0 aliphatic heterocycles. The molecule has 0 aliphatic carbocycles. The number of rotatable bonds is 3. The van der Waals surface area contributed by atoms with Gasteiger partial charge in [-0.25, -0.2) is 0 Å². The van der Waals surface area contributed by atoms with E-state index in [0.29, 0.717) is 0 Å². The van der Waals surface area contributed by atoms with Gasteiger partial charge in [0.15, 0.2) is 0 Å². The number of benzene rings is 2. The summed E-state index contributed by atoms with van der Waals surface area (Å²) in [6.07, 6.45) is 2.06. The second-order valence-electron chi connectivity index (χ2n) is 5.09. The van der Waals surface area contributed by atoms with Crippen LogP contribution in [0.3, 0.4) is 0 Å². The normalized spacial score (nSPS) is 11.6. The van der Waals surface area contributed by atoms with Crippen molar-refractivity contribution < 1.29 is 38.7 Å². The standard InChI is InChI=1S/C18H11BrN2.2W/c1-13-5-4-8-17-18(13)15-6-2-3-7-16(15)21(17)12-10-14(19)9-11-20;;/h2-8,10H,1H3;;/b14-10+;;. The van der Waals surface area contributed by atoms with Crippen LogP contribution in [0, 0.1) is 18.3 Å². The van der Waals surface area contributed by atoms with E-state index in [9.17, 15) is 0 Å². The van der Waals surface area contributed by atoms with Gasteiger partial charge in [-0.05, 0) is 0 Å². The molecule has 3 rings (SSSR count). The molecule has 112 valence electrons. The van der Waals surface area contributed by atoms with E-state index in [1.807, 2.05) is 0 Å². The van der Waals surface area contributed by atoms with Gasteiger partial charge in [-0.2, -0.15) is 0 Å². The zero-order chi connectivity index (χ0) is 16.6. The SMILES string of the molecule is Cc1cccc2c1c1ccccc1n2[C](=[W])/C=C(/Br)[C](=[W])C#N. The number of hydrogen-bond acceptors (Lipinski definition) is 1. The predicted octanol–water partition coefficient (Wildman–Crippen LogP) is 4.15. The Morgan fingerprint density at radius 2 is 1.83 bits per heavy atom. The molecule has 0 aliphatic rings. The first kappa shape index (κ1) is 16.9. The molecule has 0 saturated carbocycles. The van der Waals surface area contributed by atoms with Crippen molar-refractivity contribution in [1.29, 1.82) is 5.26 Å². The molecule has 2 aromatic carbocycles. The zero-order valence-corrected chi connectivity index (χ0v) is 19.7. The van der Waals surface area contributed by atoms with Crippen LogP contribution in [-0.4, -0.2) is 12.5 Å². The first-order chi connectivity index (χ1) is 11.0. The molecule has 3 aromatic rings. The number of nitriles is 1. The average molecular weight is 703 g/mol. The summed E-state index contributed by atoms with van der Waals surface area (Å²) in [5.74, 6) is 0. The molecule has 23 heavy (non-hydrogen) atoms. The molecule has 0 bridgehead atoms. The Morgan fingerprint density at radius 3 is 2.57 bits per heavy atom. The van der Waals surface area contributed by atoms with Crippen LogP contribution in [0.15, 0.2) is 53.0 Å². The average Bonchev–Trinajstić information content (AvgIpc) is 2.89. The van der Waals surface area contributed by atoms with E-state index >= 15 is 0 Å². The summed E-state index contributed by atoms with van der Waals surface area (Å²) in [4.78, 5) is 0. The van der Waals surface area contributed by atoms with Gasteiger partial charge in [-0.15, -0.1) is 0 Å². The van der Waals surface area contributed by atoms with Crippen LogP contribution in [0.25, 0.3) is 21.8 Å². The molecule has 0 spiro atoms. The van der Waals surface area contributed by atoms with Crippen molar-refractivity contribution in [3.8, 4) is 6.07 Å². The van der Waals surface area contributed by atoms with E-state index in [-0.39, 0.29) is 0 Å². The third-order valence-corrected chi connectivity index (χ3v) is 7.56. The number of halogens is 1. The van der Waals surface area contributed by atoms with Crippen molar-refractivity contribution in [2.45, 2.75) is 6.92 Å². The molecule has 0 atom stereocenters. The zero-order valence-electron chi connectivity index (χ0n) is 12.2. The van der Waals surface area contributed by atoms with E-state index in [2.05, 4.69) is 82.0 Å². The fourth-order valence-electron chi connectivity index (χ4n) is 2.73. The Labute approximate surface area is 164 Å². The van der Waals surface area contributed by atoms with Crippen LogP contribution in [0.1, 0.15) is 5.56 Å². The third-order valence-electron chi connectivity index (χ3n) is 3.70. The van der Waals surface area contributed by atoms with Crippen LogP contribution in [-0.2, 0) is 38.7 Å². The second-order valence-corrected chi connectivity index (χ2v) is 8.92. The van der Waals surface area contributed by atoms with Gasteiger partial charge in [0.25, 0.3) is 0 Å². The molecule has 0 radical (unpaired) electrons. The maximum absolute atomic E-state index is 9.08. The van der Waals surface area contributed by atoms with Crippen LogP contribution in [0.2, 0.25) is 0 Å².